The molecule has 0 aromatic heterocycles. The van der Waals surface area contributed by atoms with Crippen LogP contribution < -0.4 is 0 Å². The second-order valence-electron chi connectivity index (χ2n) is 6.91. The lowest BCUT2D eigenvalue weighted by molar-refractivity contribution is -0.264. The minimum atomic E-state index is -0.112. The average Bonchev–Trinajstić information content (AvgIpc) is 2.65. The van der Waals surface area contributed by atoms with E-state index >= 15 is 0 Å². The molecule has 0 bridgehead atoms. The van der Waals surface area contributed by atoms with E-state index in [9.17, 15) is 0 Å². The van der Waals surface area contributed by atoms with Crippen LogP contribution in [0.3, 0.4) is 0 Å². The van der Waals surface area contributed by atoms with Crippen LogP contribution in [0.2, 0.25) is 0 Å². The van der Waals surface area contributed by atoms with Crippen molar-refractivity contribution in [1.29, 1.82) is 0 Å². The van der Waals surface area contributed by atoms with Gasteiger partial charge in [-0.2, -0.15) is 0 Å². The lowest BCUT2D eigenvalue weighted by Gasteiger charge is -2.44. The Morgan fingerprint density at radius 3 is 2.15 bits per heavy atom. The number of ether oxygens (including phenoxy) is 2. The van der Waals surface area contributed by atoms with Gasteiger partial charge in [0, 0.05) is 12.3 Å². The first-order chi connectivity index (χ1) is 12.5. The molecule has 0 N–H and O–H groups in total. The van der Waals surface area contributed by atoms with Crippen LogP contribution in [-0.2, 0) is 9.47 Å². The highest BCUT2D eigenvalue weighted by Crippen LogP contribution is 2.37. The molecule has 2 nitrogen and oxygen atoms in total. The van der Waals surface area contributed by atoms with Gasteiger partial charge < -0.3 is 9.47 Å². The van der Waals surface area contributed by atoms with Gasteiger partial charge in [0.05, 0.1) is 12.2 Å². The SMILES string of the molecule is CC#CC#CC#CC#CCCC(CC)O[C@@H]1OC(CC)[C@H](C)[C@H](C)C1C. The van der Waals surface area contributed by atoms with Crippen molar-refractivity contribution >= 4 is 0 Å². The van der Waals surface area contributed by atoms with Gasteiger partial charge in [-0.05, 0) is 73.5 Å². The molecule has 0 saturated carbocycles. The van der Waals surface area contributed by atoms with Crippen LogP contribution in [0, 0.1) is 65.1 Å². The summed E-state index contributed by atoms with van der Waals surface area (Å²) < 4.78 is 12.6. The molecule has 1 aliphatic rings. The van der Waals surface area contributed by atoms with Crippen molar-refractivity contribution in [3.05, 3.63) is 0 Å². The maximum absolute atomic E-state index is 6.31. The fourth-order valence-corrected chi connectivity index (χ4v) is 3.19. The van der Waals surface area contributed by atoms with Crippen LogP contribution in [-0.4, -0.2) is 18.5 Å². The fourth-order valence-electron chi connectivity index (χ4n) is 3.19. The summed E-state index contributed by atoms with van der Waals surface area (Å²) in [7, 11) is 0. The highest BCUT2D eigenvalue weighted by Gasteiger charge is 2.39. The van der Waals surface area contributed by atoms with Crippen molar-refractivity contribution in [2.75, 3.05) is 0 Å². The summed E-state index contributed by atoms with van der Waals surface area (Å²) in [5, 5.41) is 0. The predicted octanol–water partition coefficient (Wildman–Crippen LogP) is 4.64. The van der Waals surface area contributed by atoms with Gasteiger partial charge in [0.25, 0.3) is 0 Å². The normalized spacial score (nSPS) is 28.0. The maximum atomic E-state index is 6.31. The summed E-state index contributed by atoms with van der Waals surface area (Å²) in [6, 6.07) is 0. The van der Waals surface area contributed by atoms with Gasteiger partial charge in [-0.25, -0.2) is 0 Å². The molecule has 1 heterocycles. The van der Waals surface area contributed by atoms with Crippen molar-refractivity contribution in [3.63, 3.8) is 0 Å². The van der Waals surface area contributed by atoms with Crippen molar-refractivity contribution in [1.82, 2.24) is 0 Å². The Kier molecular flexibility index (Phi) is 10.7. The van der Waals surface area contributed by atoms with E-state index < -0.39 is 0 Å². The van der Waals surface area contributed by atoms with Crippen LogP contribution in [0.15, 0.2) is 0 Å². The Labute approximate surface area is 160 Å². The summed E-state index contributed by atoms with van der Waals surface area (Å²) in [6.07, 6.45) is 4.00. The van der Waals surface area contributed by atoms with E-state index in [0.717, 1.165) is 25.7 Å². The van der Waals surface area contributed by atoms with Gasteiger partial charge in [0.15, 0.2) is 6.29 Å². The predicted molar refractivity (Wildman–Crippen MR) is 108 cm³/mol. The molecular formula is C24H32O2. The van der Waals surface area contributed by atoms with Gasteiger partial charge >= 0.3 is 0 Å². The Morgan fingerprint density at radius 2 is 1.54 bits per heavy atom. The summed E-state index contributed by atoms with van der Waals surface area (Å²) >= 11 is 0. The molecule has 2 heteroatoms. The zero-order valence-corrected chi connectivity index (χ0v) is 17.1. The molecule has 26 heavy (non-hydrogen) atoms. The van der Waals surface area contributed by atoms with Crippen molar-refractivity contribution < 1.29 is 9.47 Å². The van der Waals surface area contributed by atoms with Crippen LogP contribution in [0.25, 0.3) is 0 Å². The van der Waals surface area contributed by atoms with Crippen LogP contribution >= 0.6 is 0 Å². The molecule has 0 radical (unpaired) electrons. The van der Waals surface area contributed by atoms with E-state index in [1.807, 2.05) is 0 Å². The van der Waals surface area contributed by atoms with E-state index in [1.165, 1.54) is 0 Å². The minimum Gasteiger partial charge on any atom is -0.349 e. The molecule has 140 valence electrons. The standard InChI is InChI=1S/C24H32O2/c1-7-10-11-12-13-14-15-16-17-18-22(8-2)25-24-21(6)19(4)20(5)23(9-3)26-24/h19-24H,8-9,17-18H2,1-6H3/t19-,20+,21?,22?,23?,24+/m0/s1. The fraction of sp³-hybridized carbons (Fsp3) is 0.667. The first-order valence-corrected chi connectivity index (χ1v) is 9.75. The molecule has 1 fully saturated rings. The van der Waals surface area contributed by atoms with E-state index in [4.69, 9.17) is 9.47 Å². The molecule has 0 aromatic rings. The Hall–Kier alpha value is -1.84. The number of hydrogen-bond acceptors (Lipinski definition) is 2. The molecule has 1 rings (SSSR count). The van der Waals surface area contributed by atoms with Gasteiger partial charge in [0.1, 0.15) is 0 Å². The topological polar surface area (TPSA) is 18.5 Å². The summed E-state index contributed by atoms with van der Waals surface area (Å²) in [4.78, 5) is 0. The Morgan fingerprint density at radius 1 is 0.885 bits per heavy atom. The van der Waals surface area contributed by atoms with Gasteiger partial charge in [-0.1, -0.05) is 46.5 Å². The summed E-state index contributed by atoms with van der Waals surface area (Å²) in [5.41, 5.74) is 0. The van der Waals surface area contributed by atoms with E-state index in [0.29, 0.717) is 17.8 Å². The lowest BCUT2D eigenvalue weighted by Crippen LogP contribution is -2.46. The Bertz CT molecular complexity index is 660. The van der Waals surface area contributed by atoms with Gasteiger partial charge in [0.2, 0.25) is 0 Å². The lowest BCUT2D eigenvalue weighted by atomic mass is 9.78. The largest absolute Gasteiger partial charge is 0.349 e. The third kappa shape index (κ3) is 7.19. The molecule has 0 spiro atoms. The highest BCUT2D eigenvalue weighted by molar-refractivity contribution is 5.39. The molecule has 1 saturated heterocycles. The maximum Gasteiger partial charge on any atom is 0.161 e. The Balaban J connectivity index is 2.52. The van der Waals surface area contributed by atoms with Crippen molar-refractivity contribution in [3.8, 4) is 47.4 Å². The van der Waals surface area contributed by atoms with E-state index in [2.05, 4.69) is 82.0 Å². The number of rotatable bonds is 6. The zero-order chi connectivity index (χ0) is 19.4. The van der Waals surface area contributed by atoms with E-state index in [1.54, 1.807) is 6.92 Å². The zero-order valence-electron chi connectivity index (χ0n) is 17.1. The molecule has 6 atom stereocenters. The molecule has 0 amide bonds. The van der Waals surface area contributed by atoms with Gasteiger partial charge in [-0.15, -0.1) is 0 Å². The monoisotopic (exact) mass is 352 g/mol. The van der Waals surface area contributed by atoms with Gasteiger partial charge in [-0.3, -0.25) is 0 Å². The molecule has 1 aliphatic heterocycles. The number of hydrogen-bond donors (Lipinski definition) is 0. The first-order valence-electron chi connectivity index (χ1n) is 9.75. The summed E-state index contributed by atoms with van der Waals surface area (Å²) in [6.45, 7) is 12.9. The van der Waals surface area contributed by atoms with E-state index in [-0.39, 0.29) is 18.5 Å². The summed E-state index contributed by atoms with van der Waals surface area (Å²) in [5.74, 6) is 23.5. The molecule has 0 aliphatic carbocycles. The smallest absolute Gasteiger partial charge is 0.161 e. The first kappa shape index (κ1) is 22.2. The minimum absolute atomic E-state index is 0.112. The molecule has 0 aromatic carbocycles. The van der Waals surface area contributed by atoms with Crippen LogP contribution in [0.5, 0.6) is 0 Å². The second kappa shape index (κ2) is 12.5. The third-order valence-corrected chi connectivity index (χ3v) is 5.28. The third-order valence-electron chi connectivity index (χ3n) is 5.28. The van der Waals surface area contributed by atoms with Crippen molar-refractivity contribution in [2.24, 2.45) is 17.8 Å². The quantitative estimate of drug-likeness (QED) is 0.649. The van der Waals surface area contributed by atoms with Crippen molar-refractivity contribution in [2.45, 2.75) is 85.7 Å². The molecular weight excluding hydrogens is 320 g/mol. The molecule has 3 unspecified atom stereocenters. The van der Waals surface area contributed by atoms with Crippen LogP contribution in [0.1, 0.15) is 67.2 Å². The highest BCUT2D eigenvalue weighted by atomic mass is 16.7. The average molecular weight is 353 g/mol. The second-order valence-corrected chi connectivity index (χ2v) is 6.91. The van der Waals surface area contributed by atoms with Crippen LogP contribution in [0.4, 0.5) is 0 Å².